The molecule has 2 N–H and O–H groups in total. The third-order valence-corrected chi connectivity index (χ3v) is 15.9. The van der Waals surface area contributed by atoms with Crippen LogP contribution in [0.25, 0.3) is 0 Å². The zero-order chi connectivity index (χ0) is 109. The second-order valence-electron chi connectivity index (χ2n) is 44.9. The number of H-pyrrole nitrogens is 1. The molecule has 0 fully saturated rings. The molecule has 0 bridgehead atoms. The Morgan fingerprint density at radius 2 is 0.600 bits per heavy atom. The Kier molecular flexibility index (Phi) is 129. The highest BCUT2D eigenvalue weighted by atomic mass is 16.1. The summed E-state index contributed by atoms with van der Waals surface area (Å²) in [6, 6.07) is 36.4. The zero-order valence-corrected chi connectivity index (χ0v) is 98.6. The van der Waals surface area contributed by atoms with Gasteiger partial charge in [0.25, 0.3) is 5.56 Å². The second-order valence-corrected chi connectivity index (χ2v) is 44.9. The highest BCUT2D eigenvalue weighted by molar-refractivity contribution is 5.32. The van der Waals surface area contributed by atoms with Crippen molar-refractivity contribution in [3.05, 3.63) is 318 Å². The van der Waals surface area contributed by atoms with Crippen molar-refractivity contribution in [3.63, 3.8) is 0 Å². The van der Waals surface area contributed by atoms with Crippen LogP contribution >= 0.6 is 0 Å². The lowest BCUT2D eigenvalue weighted by molar-refractivity contribution is 0.400. The fourth-order valence-electron chi connectivity index (χ4n) is 11.7. The van der Waals surface area contributed by atoms with Crippen molar-refractivity contribution in [2.45, 2.75) is 492 Å². The molecule has 1 aliphatic heterocycles. The molecule has 150 heavy (non-hydrogen) atoms. The first-order chi connectivity index (χ1) is 64.7. The summed E-state index contributed by atoms with van der Waals surface area (Å²) in [6.45, 7) is 109. The number of nitrogens with one attached hydrogen (secondary N) is 2. The number of pyridine rings is 4. The summed E-state index contributed by atoms with van der Waals surface area (Å²) in [5.74, 6) is 0.931. The molecule has 0 amide bonds. The Labute approximate surface area is 938 Å². The number of rotatable bonds is 11. The average molecular weight is 2090 g/mol. The number of hydrogen-bond acceptors (Lipinski definition) is 15. The molecule has 10 aromatic rings. The summed E-state index contributed by atoms with van der Waals surface area (Å²) in [5.41, 5.74) is 16.5. The van der Waals surface area contributed by atoms with E-state index in [-0.39, 0.29) is 98.1 Å². The molecule has 0 saturated heterocycles. The molecule has 16 heteroatoms. The van der Waals surface area contributed by atoms with Gasteiger partial charge in [-0.3, -0.25) is 29.7 Å². The number of benzene rings is 1. The number of allylic oxidation sites excluding steroid dienone is 3. The molecular formula is C134H255N15O. The fourth-order valence-corrected chi connectivity index (χ4v) is 11.7. The van der Waals surface area contributed by atoms with Crippen LogP contribution < -0.4 is 10.9 Å². The van der Waals surface area contributed by atoms with Crippen LogP contribution in [-0.4, -0.2) is 70.0 Å². The molecule has 16 nitrogen and oxygen atoms in total. The van der Waals surface area contributed by atoms with Crippen molar-refractivity contribution in [1.82, 2.24) is 75.3 Å². The van der Waals surface area contributed by atoms with Gasteiger partial charge >= 0.3 is 0 Å². The van der Waals surface area contributed by atoms with E-state index in [9.17, 15) is 4.79 Å². The Bertz CT molecular complexity index is 3720. The van der Waals surface area contributed by atoms with Crippen molar-refractivity contribution in [2.75, 3.05) is 0 Å². The lowest BCUT2D eigenvalue weighted by Gasteiger charge is -2.20. The van der Waals surface area contributed by atoms with Crippen LogP contribution in [0.3, 0.4) is 0 Å². The summed E-state index contributed by atoms with van der Waals surface area (Å²) in [7, 11) is 0. The third kappa shape index (κ3) is 136. The Balaban J connectivity index is -0.0000000725. The lowest BCUT2D eigenvalue weighted by Crippen LogP contribution is -2.18. The standard InChI is InChI=1S/C11H17N.C11H16.C10H15NO.3C10H15N.5C9H14N2.8C2H6.11CH4/c1-9-5-6-10(8-12-9)7-11(2,3)4;1-11(2,3)9-10-7-5-4-6-8-10;1-10(2,3)7-8-5-4-6-11-9(8)12;1-10(2,3)8-9-4-6-11-7-5-9;1-10(2,3)7-9-5-4-6-11-8-9;1-10(2,3)8-9-6-4-5-7-11-9;1-9(2,3)4-8-5-10-7-11-6-8;1-9(2,3)6-8-7-10-4-5-11-8;1-9(2,3)6-8-4-5-10-7-11-8;1-9(2,3)7-8-10-5-4-6-11-8;1-9(2,3)7-8-5-4-6-10-11-8;8*1-2;;;;;;;;;;;/h5-6,8,12H,1,7H2,2-4H3;4-8H,9H2,1-3H3;4-6H,7H2,1-3H3,(H,11,12);4-7H,8H2,1-3H3;4-6,8H,7H2,1-3H3;4-7H,8H2,1-3H3;5-7H,4H2,1-3H3;2*4-5,7H,6H2,1-3H3;2*4-6H,7H2,1-3H3;8*1-2H3;11*1H4. The smallest absolute Gasteiger partial charge is 0.251 e. The van der Waals surface area contributed by atoms with Gasteiger partial charge in [0, 0.05) is 128 Å². The maximum Gasteiger partial charge on any atom is 0.251 e. The SMILES string of the molecule is C.C.C.C.C.C.C.C.C.C.C.C=C1C=CC(CC(C)(C)C)=CN1.CC.CC.CC.CC.CC.CC.CC.CC.CC(C)(C)Cc1ccc[nH]c1=O.CC(C)(C)Cc1ccccc1.CC(C)(C)Cc1ccccn1.CC(C)(C)Cc1cccnc1.CC(C)(C)Cc1cccnn1.CC(C)(C)Cc1ccncc1.CC(C)(C)Cc1ccncn1.CC(C)(C)Cc1cnccn1.CC(C)(C)Cc1cncnc1.CC(C)(C)Cc1ncccn1. The van der Waals surface area contributed by atoms with Gasteiger partial charge in [-0.1, -0.05) is 482 Å². The van der Waals surface area contributed by atoms with Crippen LogP contribution in [0.1, 0.15) is 484 Å². The normalized spacial score (nSPS) is 10.2. The molecular weight excluding hydrogens is 1840 g/mol. The first-order valence-corrected chi connectivity index (χ1v) is 51.6. The van der Waals surface area contributed by atoms with Gasteiger partial charge in [-0.25, -0.2) is 29.9 Å². The van der Waals surface area contributed by atoms with E-state index < -0.39 is 0 Å². The average Bonchev–Trinajstić information content (AvgIpc) is 0.882. The predicted octanol–water partition coefficient (Wildman–Crippen LogP) is 41.8. The van der Waals surface area contributed by atoms with Crippen LogP contribution in [0.2, 0.25) is 0 Å². The summed E-state index contributed by atoms with van der Waals surface area (Å²) in [4.78, 5) is 58.7. The largest absolute Gasteiger partial charge is 0.362 e. The maximum atomic E-state index is 11.2. The number of aromatic amines is 1. The van der Waals surface area contributed by atoms with Gasteiger partial charge in [0.1, 0.15) is 18.5 Å². The highest BCUT2D eigenvalue weighted by Crippen LogP contribution is 2.28. The molecule has 0 aliphatic carbocycles. The van der Waals surface area contributed by atoms with Crippen molar-refractivity contribution in [3.8, 4) is 0 Å². The van der Waals surface area contributed by atoms with E-state index in [4.69, 9.17) is 0 Å². The minimum absolute atomic E-state index is 0. The highest BCUT2D eigenvalue weighted by Gasteiger charge is 2.19. The molecule has 9 aromatic heterocycles. The number of nitrogens with zero attached hydrogens (tertiary/aromatic N) is 13. The first kappa shape index (κ1) is 185. The third-order valence-electron chi connectivity index (χ3n) is 15.9. The van der Waals surface area contributed by atoms with Crippen molar-refractivity contribution in [2.24, 2.45) is 59.6 Å². The molecule has 0 saturated carbocycles. The Morgan fingerprint density at radius 1 is 0.247 bits per heavy atom. The van der Waals surface area contributed by atoms with Crippen molar-refractivity contribution in [1.29, 1.82) is 0 Å². The zero-order valence-electron chi connectivity index (χ0n) is 98.6. The predicted molar refractivity (Wildman–Crippen MR) is 686 cm³/mol. The molecule has 0 spiro atoms. The lowest BCUT2D eigenvalue weighted by atomic mass is 9.87. The van der Waals surface area contributed by atoms with Gasteiger partial charge in [0.2, 0.25) is 0 Å². The van der Waals surface area contributed by atoms with E-state index in [1.807, 2.05) is 227 Å². The minimum Gasteiger partial charge on any atom is -0.362 e. The van der Waals surface area contributed by atoms with E-state index in [2.05, 4.69) is 371 Å². The fraction of sp³-hybridized carbons (Fsp3) is 0.612. The quantitative estimate of drug-likeness (QED) is 0.123. The first-order valence-electron chi connectivity index (χ1n) is 51.6. The van der Waals surface area contributed by atoms with Crippen molar-refractivity contribution < 1.29 is 0 Å². The van der Waals surface area contributed by atoms with Crippen LogP contribution in [0.15, 0.2) is 256 Å². The van der Waals surface area contributed by atoms with Gasteiger partial charge in [0.05, 0.1) is 11.4 Å². The van der Waals surface area contributed by atoms with E-state index >= 15 is 0 Å². The van der Waals surface area contributed by atoms with E-state index in [1.54, 1.807) is 56.0 Å². The van der Waals surface area contributed by atoms with Crippen LogP contribution in [0.5, 0.6) is 0 Å². The molecule has 10 heterocycles. The summed E-state index contributed by atoms with van der Waals surface area (Å²) in [5, 5.41) is 10.9. The Morgan fingerprint density at radius 3 is 0.960 bits per heavy atom. The van der Waals surface area contributed by atoms with E-state index in [1.165, 1.54) is 33.5 Å². The summed E-state index contributed by atoms with van der Waals surface area (Å²) >= 11 is 0. The van der Waals surface area contributed by atoms with Crippen molar-refractivity contribution >= 4 is 0 Å². The van der Waals surface area contributed by atoms with E-state index in [0.29, 0.717) is 48.7 Å². The van der Waals surface area contributed by atoms with Crippen LogP contribution in [-0.2, 0) is 64.2 Å². The second kappa shape index (κ2) is 105. The molecule has 1 aliphatic rings. The van der Waals surface area contributed by atoms with Gasteiger partial charge in [-0.05, 0) is 218 Å². The van der Waals surface area contributed by atoms with Gasteiger partial charge in [0.15, 0.2) is 0 Å². The topological polar surface area (TPSA) is 212 Å². The molecule has 0 unspecified atom stereocenters. The molecule has 1 aromatic carbocycles. The Hall–Kier alpha value is -9.96. The van der Waals surface area contributed by atoms with Crippen LogP contribution in [0.4, 0.5) is 0 Å². The van der Waals surface area contributed by atoms with E-state index in [0.717, 1.165) is 105 Å². The minimum atomic E-state index is 0. The van der Waals surface area contributed by atoms with Gasteiger partial charge < -0.3 is 10.3 Å². The number of dihydropyridines is 1. The number of aromatic nitrogens is 14. The summed E-state index contributed by atoms with van der Waals surface area (Å²) in [6.07, 6.45) is 47.7. The van der Waals surface area contributed by atoms with Gasteiger partial charge in [-0.15, -0.1) is 0 Å². The molecule has 872 valence electrons. The number of hydrogen-bond donors (Lipinski definition) is 2. The summed E-state index contributed by atoms with van der Waals surface area (Å²) < 4.78 is 0. The molecule has 0 radical (unpaired) electrons. The molecule has 0 atom stereocenters. The maximum absolute atomic E-state index is 11.2. The monoisotopic (exact) mass is 2090 g/mol. The van der Waals surface area contributed by atoms with Gasteiger partial charge in [-0.2, -0.15) is 10.2 Å². The van der Waals surface area contributed by atoms with Crippen LogP contribution in [0, 0.1) is 59.6 Å². The molecule has 11 rings (SSSR count).